The van der Waals surface area contributed by atoms with Gasteiger partial charge in [0, 0.05) is 13.7 Å². The van der Waals surface area contributed by atoms with Crippen molar-refractivity contribution in [3.05, 3.63) is 16.4 Å². The van der Waals surface area contributed by atoms with Crippen molar-refractivity contribution >= 4 is 15.9 Å². The van der Waals surface area contributed by atoms with E-state index in [1.54, 1.807) is 7.11 Å². The minimum Gasteiger partial charge on any atom is -0.383 e. The lowest BCUT2D eigenvalue weighted by Gasteiger charge is -2.23. The third-order valence-electron chi connectivity index (χ3n) is 2.67. The Hall–Kier alpha value is -0.430. The number of aromatic nitrogens is 2. The minimum atomic E-state index is 0.263. The molecule has 1 aromatic rings. The van der Waals surface area contributed by atoms with Crippen molar-refractivity contribution < 1.29 is 4.74 Å². The Morgan fingerprint density at radius 3 is 2.83 bits per heavy atom. The monoisotopic (exact) mass is 318 g/mol. The fourth-order valence-corrected chi connectivity index (χ4v) is 2.51. The lowest BCUT2D eigenvalue weighted by atomic mass is 10.2. The Morgan fingerprint density at radius 1 is 1.56 bits per heavy atom. The molecule has 18 heavy (non-hydrogen) atoms. The molecule has 1 heterocycles. The maximum absolute atomic E-state index is 5.12. The summed E-state index contributed by atoms with van der Waals surface area (Å²) in [4.78, 5) is 2.17. The first-order valence-electron chi connectivity index (χ1n) is 6.18. The molecule has 0 fully saturated rings. The molecule has 0 radical (unpaired) electrons. The van der Waals surface area contributed by atoms with Crippen molar-refractivity contribution in [3.63, 3.8) is 0 Å². The van der Waals surface area contributed by atoms with Crippen LogP contribution in [0, 0.1) is 0 Å². The predicted octanol–water partition coefficient (Wildman–Crippen LogP) is 1.50. The second kappa shape index (κ2) is 7.89. The molecule has 0 bridgehead atoms. The number of likely N-dealkylation sites (N-methyl/N-ethyl adjacent to an activating group) is 2. The van der Waals surface area contributed by atoms with E-state index >= 15 is 0 Å². The van der Waals surface area contributed by atoms with Gasteiger partial charge in [-0.25, -0.2) is 0 Å². The van der Waals surface area contributed by atoms with Gasteiger partial charge in [-0.15, -0.1) is 0 Å². The number of nitrogens with zero attached hydrogens (tertiary/aromatic N) is 3. The highest BCUT2D eigenvalue weighted by Gasteiger charge is 2.19. The van der Waals surface area contributed by atoms with Gasteiger partial charge in [-0.3, -0.25) is 4.68 Å². The van der Waals surface area contributed by atoms with E-state index in [9.17, 15) is 0 Å². The first-order chi connectivity index (χ1) is 8.60. The van der Waals surface area contributed by atoms with Crippen LogP contribution in [0.15, 0.2) is 10.7 Å². The summed E-state index contributed by atoms with van der Waals surface area (Å²) in [6.45, 7) is 5.42. The van der Waals surface area contributed by atoms with Crippen LogP contribution in [0.25, 0.3) is 0 Å². The van der Waals surface area contributed by atoms with Gasteiger partial charge in [0.1, 0.15) is 0 Å². The van der Waals surface area contributed by atoms with E-state index in [0.29, 0.717) is 6.61 Å². The molecule has 1 aromatic heterocycles. The maximum atomic E-state index is 5.12. The van der Waals surface area contributed by atoms with E-state index in [2.05, 4.69) is 52.3 Å². The highest BCUT2D eigenvalue weighted by atomic mass is 79.9. The molecular weight excluding hydrogens is 296 g/mol. The van der Waals surface area contributed by atoms with Crippen LogP contribution in [0.1, 0.15) is 18.7 Å². The van der Waals surface area contributed by atoms with Crippen molar-refractivity contribution in [2.24, 2.45) is 0 Å². The highest BCUT2D eigenvalue weighted by Crippen LogP contribution is 2.23. The van der Waals surface area contributed by atoms with Gasteiger partial charge in [-0.2, -0.15) is 5.10 Å². The molecule has 0 aliphatic carbocycles. The second-order valence-corrected chi connectivity index (χ2v) is 5.32. The Labute approximate surface area is 118 Å². The van der Waals surface area contributed by atoms with Gasteiger partial charge in [0.15, 0.2) is 0 Å². The van der Waals surface area contributed by atoms with E-state index in [0.717, 1.165) is 24.1 Å². The molecule has 1 N–H and O–H groups in total. The Kier molecular flexibility index (Phi) is 6.85. The quantitative estimate of drug-likeness (QED) is 0.789. The molecule has 1 unspecified atom stereocenters. The van der Waals surface area contributed by atoms with Crippen molar-refractivity contribution in [1.82, 2.24) is 20.0 Å². The summed E-state index contributed by atoms with van der Waals surface area (Å²) in [5.41, 5.74) is 1.18. The Bertz CT molecular complexity index is 354. The average Bonchev–Trinajstić information content (AvgIpc) is 2.66. The molecular formula is C12H23BrN4O. The van der Waals surface area contributed by atoms with Crippen molar-refractivity contribution in [2.75, 3.05) is 40.9 Å². The van der Waals surface area contributed by atoms with Gasteiger partial charge in [-0.1, -0.05) is 6.92 Å². The van der Waals surface area contributed by atoms with E-state index in [1.165, 1.54) is 5.69 Å². The number of methoxy groups -OCH3 is 1. The van der Waals surface area contributed by atoms with Crippen LogP contribution in [0.5, 0.6) is 0 Å². The van der Waals surface area contributed by atoms with Gasteiger partial charge in [0.2, 0.25) is 0 Å². The SMILES string of the molecule is CCNC(CN(C)C)c1c(Br)cnn1CCOC. The maximum Gasteiger partial charge on any atom is 0.0709 e. The van der Waals surface area contributed by atoms with E-state index in [-0.39, 0.29) is 6.04 Å². The van der Waals surface area contributed by atoms with Gasteiger partial charge >= 0.3 is 0 Å². The first-order valence-corrected chi connectivity index (χ1v) is 6.97. The molecule has 0 spiro atoms. The standard InChI is InChI=1S/C12H23BrN4O/c1-5-14-11(9-16(2)3)12-10(13)8-15-17(12)6-7-18-4/h8,11,14H,5-7,9H2,1-4H3. The van der Waals surface area contributed by atoms with Crippen molar-refractivity contribution in [1.29, 1.82) is 0 Å². The molecule has 0 aliphatic heterocycles. The highest BCUT2D eigenvalue weighted by molar-refractivity contribution is 9.10. The average molecular weight is 319 g/mol. The van der Waals surface area contributed by atoms with Crippen LogP contribution < -0.4 is 5.32 Å². The molecule has 0 aliphatic rings. The topological polar surface area (TPSA) is 42.3 Å². The van der Waals surface area contributed by atoms with Crippen LogP contribution in [-0.4, -0.2) is 55.6 Å². The van der Waals surface area contributed by atoms with Crippen molar-refractivity contribution in [2.45, 2.75) is 19.5 Å². The number of halogens is 1. The summed E-state index contributed by atoms with van der Waals surface area (Å²) in [6.07, 6.45) is 1.85. The van der Waals surface area contributed by atoms with Crippen LogP contribution in [-0.2, 0) is 11.3 Å². The number of ether oxygens (including phenoxy) is 1. The fraction of sp³-hybridized carbons (Fsp3) is 0.750. The number of hydrogen-bond acceptors (Lipinski definition) is 4. The first kappa shape index (κ1) is 15.6. The number of rotatable bonds is 8. The van der Waals surface area contributed by atoms with E-state index < -0.39 is 0 Å². The number of hydrogen-bond donors (Lipinski definition) is 1. The normalized spacial score (nSPS) is 13.2. The molecule has 104 valence electrons. The number of nitrogens with one attached hydrogen (secondary N) is 1. The summed E-state index contributed by atoms with van der Waals surface area (Å²) < 4.78 is 8.18. The summed E-state index contributed by atoms with van der Waals surface area (Å²) in [5, 5.41) is 7.90. The molecule has 5 nitrogen and oxygen atoms in total. The van der Waals surface area contributed by atoms with Crippen LogP contribution in [0.3, 0.4) is 0 Å². The summed E-state index contributed by atoms with van der Waals surface area (Å²) in [7, 11) is 5.86. The third kappa shape index (κ3) is 4.35. The summed E-state index contributed by atoms with van der Waals surface area (Å²) in [6, 6.07) is 0.263. The third-order valence-corrected chi connectivity index (χ3v) is 3.28. The van der Waals surface area contributed by atoms with Gasteiger partial charge in [0.05, 0.1) is 35.6 Å². The molecule has 6 heteroatoms. The lowest BCUT2D eigenvalue weighted by Crippen LogP contribution is -2.33. The predicted molar refractivity (Wildman–Crippen MR) is 76.8 cm³/mol. The zero-order valence-corrected chi connectivity index (χ0v) is 13.2. The second-order valence-electron chi connectivity index (χ2n) is 4.47. The largest absolute Gasteiger partial charge is 0.383 e. The smallest absolute Gasteiger partial charge is 0.0709 e. The van der Waals surface area contributed by atoms with Gasteiger partial charge < -0.3 is 15.0 Å². The summed E-state index contributed by atoms with van der Waals surface area (Å²) in [5.74, 6) is 0. The van der Waals surface area contributed by atoms with Crippen molar-refractivity contribution in [3.8, 4) is 0 Å². The molecule has 1 atom stereocenters. The van der Waals surface area contributed by atoms with Gasteiger partial charge in [0.25, 0.3) is 0 Å². The lowest BCUT2D eigenvalue weighted by molar-refractivity contribution is 0.181. The molecule has 1 rings (SSSR count). The zero-order chi connectivity index (χ0) is 13.5. The fourth-order valence-electron chi connectivity index (χ4n) is 1.93. The minimum absolute atomic E-state index is 0.263. The molecule has 0 aromatic carbocycles. The van der Waals surface area contributed by atoms with Crippen LogP contribution in [0.2, 0.25) is 0 Å². The Balaban J connectivity index is 2.90. The molecule has 0 saturated carbocycles. The summed E-state index contributed by atoms with van der Waals surface area (Å²) >= 11 is 3.59. The molecule has 0 amide bonds. The Morgan fingerprint density at radius 2 is 2.28 bits per heavy atom. The van der Waals surface area contributed by atoms with E-state index in [1.807, 2.05) is 10.9 Å². The van der Waals surface area contributed by atoms with Crippen LogP contribution in [0.4, 0.5) is 0 Å². The van der Waals surface area contributed by atoms with Crippen LogP contribution >= 0.6 is 15.9 Å². The van der Waals surface area contributed by atoms with E-state index in [4.69, 9.17) is 4.74 Å². The zero-order valence-electron chi connectivity index (χ0n) is 11.6. The molecule has 0 saturated heterocycles. The van der Waals surface area contributed by atoms with Gasteiger partial charge in [-0.05, 0) is 36.6 Å².